The van der Waals surface area contributed by atoms with Gasteiger partial charge in [-0.25, -0.2) is 13.6 Å². The van der Waals surface area contributed by atoms with E-state index in [1.807, 2.05) is 49.1 Å². The molecule has 17 heteroatoms. The van der Waals surface area contributed by atoms with Crippen molar-refractivity contribution in [2.24, 2.45) is 16.6 Å². The molecule has 6 saturated heterocycles. The van der Waals surface area contributed by atoms with E-state index in [0.29, 0.717) is 36.9 Å². The minimum atomic E-state index is -0.637. The lowest BCUT2D eigenvalue weighted by molar-refractivity contribution is -0.395. The Morgan fingerprint density at radius 3 is 1.58 bits per heavy atom. The van der Waals surface area contributed by atoms with Gasteiger partial charge in [0.15, 0.2) is 11.6 Å². The lowest BCUT2D eigenvalue weighted by Gasteiger charge is -2.48. The van der Waals surface area contributed by atoms with Crippen molar-refractivity contribution in [3.63, 3.8) is 0 Å². The summed E-state index contributed by atoms with van der Waals surface area (Å²) in [7, 11) is 0. The highest BCUT2D eigenvalue weighted by atomic mass is 19.1. The molecular weight excluding hydrogens is 983 g/mol. The number of Topliss-reactive ketones (excluding diaryl/α,β-unsaturated/α-hetero) is 2. The monoisotopic (exact) mass is 1050 g/mol. The van der Waals surface area contributed by atoms with E-state index in [1.54, 1.807) is 24.3 Å². The van der Waals surface area contributed by atoms with Gasteiger partial charge in [0.1, 0.15) is 17.2 Å². The summed E-state index contributed by atoms with van der Waals surface area (Å²) in [6, 6.07) is 28.1. The van der Waals surface area contributed by atoms with Crippen LogP contribution in [0.4, 0.5) is 25.0 Å². The number of nitrogens with one attached hydrogen (secondary N) is 2. The van der Waals surface area contributed by atoms with Crippen LogP contribution < -0.4 is 16.4 Å². The van der Waals surface area contributed by atoms with Gasteiger partial charge >= 0.3 is 6.03 Å². The summed E-state index contributed by atoms with van der Waals surface area (Å²) >= 11 is 0. The first-order valence-electron chi connectivity index (χ1n) is 27.2. The van der Waals surface area contributed by atoms with Gasteiger partial charge in [0.25, 0.3) is 11.4 Å². The molecule has 0 aliphatic carbocycles. The number of piperidine rings is 6. The second kappa shape index (κ2) is 25.1. The zero-order valence-electron chi connectivity index (χ0n) is 44.5. The highest BCUT2D eigenvalue weighted by Crippen LogP contribution is 2.41. The first-order valence-corrected chi connectivity index (χ1v) is 27.2. The van der Waals surface area contributed by atoms with E-state index in [-0.39, 0.29) is 63.7 Å². The number of amides is 2. The lowest BCUT2D eigenvalue weighted by atomic mass is 9.72. The van der Waals surface area contributed by atoms with E-state index in [2.05, 4.69) is 26.5 Å². The molecule has 15 nitrogen and oxygen atoms in total. The smallest absolute Gasteiger partial charge is 0.318 e. The number of nitro groups is 2. The number of nitrogens with two attached hydrogens (primary N) is 1. The summed E-state index contributed by atoms with van der Waals surface area (Å²) in [5.74, 6) is -0.297. The van der Waals surface area contributed by atoms with Crippen molar-refractivity contribution in [2.75, 3.05) is 65.4 Å². The van der Waals surface area contributed by atoms with Gasteiger partial charge in [-0.2, -0.15) is 0 Å². The SMILES string of the molecule is CCC(=O)c1ccc2c(c1)[C@H](c1ccc(F)cc1)N(C(=O)NCC13CCN(CC1)CC3)CC2.CCC(=O)c1ccc2c(c1)[C@H](c1ccc(F)cc1)NCC2.Cc1c([N+](=O)[O-])cccc1[N+](=O)[O-].NCC12CCN(CC1)CC2. The molecule has 77 heavy (non-hydrogen) atoms. The van der Waals surface area contributed by atoms with Crippen molar-refractivity contribution < 1.29 is 33.0 Å². The molecule has 4 bridgehead atoms. The van der Waals surface area contributed by atoms with Gasteiger partial charge < -0.3 is 31.1 Å². The number of fused-ring (bicyclic) bond motifs is 8. The molecule has 0 radical (unpaired) electrons. The Balaban J connectivity index is 0.000000151. The quantitative estimate of drug-likeness (QED) is 0.0646. The Hall–Kier alpha value is -6.79. The molecule has 6 fully saturated rings. The molecule has 5 aromatic rings. The van der Waals surface area contributed by atoms with E-state index in [0.717, 1.165) is 98.2 Å². The Morgan fingerprint density at radius 2 is 1.12 bits per heavy atom. The summed E-state index contributed by atoms with van der Waals surface area (Å²) in [6.07, 6.45) is 10.1. The number of hydrogen-bond acceptors (Lipinski definition) is 11. The van der Waals surface area contributed by atoms with Gasteiger partial charge in [0.05, 0.1) is 21.9 Å². The van der Waals surface area contributed by atoms with Crippen LogP contribution in [0.25, 0.3) is 0 Å². The lowest BCUT2D eigenvalue weighted by Crippen LogP contribution is -2.54. The van der Waals surface area contributed by atoms with Crippen molar-refractivity contribution in [3.8, 4) is 0 Å². The third-order valence-electron chi connectivity index (χ3n) is 17.0. The van der Waals surface area contributed by atoms with Crippen molar-refractivity contribution in [2.45, 2.75) is 97.1 Å². The summed E-state index contributed by atoms with van der Waals surface area (Å²) in [5.41, 5.74) is 14.0. The molecule has 5 aromatic carbocycles. The standard InChI is InChI=1S/C27H32FN3O2.C18H18FNO.C8H16N2.C7H6N2O4/c1-2-24(32)21-4-3-19-9-13-31(25(23(19)17-21)20-5-7-22(28)8-6-20)26(33)29-18-27-10-14-30(15-11-27)16-12-27;1-2-17(21)14-4-3-12-9-10-20-18(16(12)11-14)13-5-7-15(19)8-6-13;9-7-8-1-4-10(5-2-8)6-3-8;1-5-6(8(10)11)3-2-4-7(5)9(12)13/h3-8,17,25H,2,9-16,18H2,1H3,(H,29,33);3-8,11,18,20H,2,9-10H2,1H3;1-7,9H2;2-4H,1H3/t25-;18-;;/m00../s1. The molecule has 408 valence electrons. The fourth-order valence-corrected chi connectivity index (χ4v) is 11.8. The number of hydrogen-bond donors (Lipinski definition) is 3. The summed E-state index contributed by atoms with van der Waals surface area (Å²) in [5, 5.41) is 27.5. The summed E-state index contributed by atoms with van der Waals surface area (Å²) in [6.45, 7) is 15.5. The number of halogens is 2. The third kappa shape index (κ3) is 13.3. The Bertz CT molecular complexity index is 2860. The minimum Gasteiger partial charge on any atom is -0.337 e. The maximum absolute atomic E-state index is 13.7. The van der Waals surface area contributed by atoms with Crippen molar-refractivity contribution in [1.29, 1.82) is 0 Å². The van der Waals surface area contributed by atoms with Crippen molar-refractivity contribution in [1.82, 2.24) is 25.3 Å². The van der Waals surface area contributed by atoms with Gasteiger partial charge in [-0.05, 0) is 191 Å². The normalized spacial score (nSPS) is 23.5. The topological polar surface area (TPSA) is 197 Å². The second-order valence-electron chi connectivity index (χ2n) is 21.4. The Labute approximate surface area is 449 Å². The molecular formula is C60H72F2N8O7. The van der Waals surface area contributed by atoms with Crippen LogP contribution in [0.2, 0.25) is 0 Å². The van der Waals surface area contributed by atoms with Gasteiger partial charge in [-0.1, -0.05) is 62.4 Å². The second-order valence-corrected chi connectivity index (χ2v) is 21.4. The number of nitrogens with zero attached hydrogens (tertiary/aromatic N) is 5. The zero-order chi connectivity index (χ0) is 54.9. The Morgan fingerprint density at radius 1 is 0.649 bits per heavy atom. The van der Waals surface area contributed by atoms with Crippen LogP contribution in [0, 0.1) is 49.6 Å². The van der Waals surface area contributed by atoms with Crippen LogP contribution >= 0.6 is 0 Å². The van der Waals surface area contributed by atoms with Crippen molar-refractivity contribution >= 4 is 29.0 Å². The molecule has 2 atom stereocenters. The van der Waals surface area contributed by atoms with E-state index in [4.69, 9.17) is 5.73 Å². The minimum absolute atomic E-state index is 0.0268. The van der Waals surface area contributed by atoms with E-state index >= 15 is 0 Å². The van der Waals surface area contributed by atoms with Gasteiger partial charge in [-0.15, -0.1) is 0 Å². The van der Waals surface area contributed by atoms with Gasteiger partial charge in [-0.3, -0.25) is 29.8 Å². The maximum Gasteiger partial charge on any atom is 0.318 e. The summed E-state index contributed by atoms with van der Waals surface area (Å²) in [4.78, 5) is 64.2. The number of benzene rings is 5. The summed E-state index contributed by atoms with van der Waals surface area (Å²) < 4.78 is 26.8. The number of carbonyl (C=O) groups excluding carboxylic acids is 3. The largest absolute Gasteiger partial charge is 0.337 e. The van der Waals surface area contributed by atoms with Crippen molar-refractivity contribution in [3.05, 3.63) is 185 Å². The van der Waals surface area contributed by atoms with Crippen LogP contribution in [-0.4, -0.2) is 108 Å². The zero-order valence-corrected chi connectivity index (χ0v) is 44.5. The predicted octanol–water partition coefficient (Wildman–Crippen LogP) is 10.5. The number of carbonyl (C=O) groups is 3. The number of nitro benzene ring substituents is 2. The number of ketones is 2. The molecule has 8 heterocycles. The third-order valence-corrected chi connectivity index (χ3v) is 17.0. The number of rotatable bonds is 11. The predicted molar refractivity (Wildman–Crippen MR) is 293 cm³/mol. The molecule has 0 saturated carbocycles. The average molecular weight is 1060 g/mol. The fourth-order valence-electron chi connectivity index (χ4n) is 11.8. The van der Waals surface area contributed by atoms with Gasteiger partial charge in [0, 0.05) is 55.7 Å². The highest BCUT2D eigenvalue weighted by Gasteiger charge is 2.41. The molecule has 13 rings (SSSR count). The van der Waals surface area contributed by atoms with E-state index in [1.165, 1.54) is 93.8 Å². The maximum atomic E-state index is 13.7. The molecule has 2 amide bonds. The van der Waals surface area contributed by atoms with Crippen LogP contribution in [0.3, 0.4) is 0 Å². The first-order chi connectivity index (χ1) is 37.0. The molecule has 4 N–H and O–H groups in total. The van der Waals surface area contributed by atoms with E-state index in [9.17, 15) is 43.4 Å². The van der Waals surface area contributed by atoms with E-state index < -0.39 is 9.85 Å². The van der Waals surface area contributed by atoms with Crippen LogP contribution in [0.15, 0.2) is 103 Å². The molecule has 0 unspecified atom stereocenters. The molecule has 0 spiro atoms. The van der Waals surface area contributed by atoms with Gasteiger partial charge in [0.2, 0.25) is 0 Å². The molecule has 0 aromatic heterocycles. The molecule has 8 aliphatic heterocycles. The Kier molecular flexibility index (Phi) is 18.4. The number of urea groups is 1. The highest BCUT2D eigenvalue weighted by molar-refractivity contribution is 5.96. The van der Waals surface area contributed by atoms with Crippen LogP contribution in [0.5, 0.6) is 0 Å². The molecule has 8 aliphatic rings. The average Bonchev–Trinajstić information content (AvgIpc) is 3.48. The van der Waals surface area contributed by atoms with Crippen LogP contribution in [-0.2, 0) is 12.8 Å². The fraction of sp³-hybridized carbons (Fsp3) is 0.450. The first kappa shape index (κ1) is 56.4. The van der Waals surface area contributed by atoms with Crippen LogP contribution in [0.1, 0.15) is 137 Å².